The van der Waals surface area contributed by atoms with Crippen LogP contribution in [0.4, 0.5) is 5.69 Å². The smallest absolute Gasteiger partial charge is 0.327 e. The number of ether oxygens (including phenoxy) is 2. The average molecular weight is 268 g/mol. The van der Waals surface area contributed by atoms with Gasteiger partial charge >= 0.3 is 5.69 Å². The minimum absolute atomic E-state index is 0.0213. The van der Waals surface area contributed by atoms with Gasteiger partial charge in [0.15, 0.2) is 11.3 Å². The van der Waals surface area contributed by atoms with Crippen LogP contribution < -0.4 is 15.2 Å². The Hall–Kier alpha value is -2.31. The summed E-state index contributed by atoms with van der Waals surface area (Å²) in [4.78, 5) is 21.8. The summed E-state index contributed by atoms with van der Waals surface area (Å²) in [6, 6.07) is 2.83. The van der Waals surface area contributed by atoms with Crippen molar-refractivity contribution in [3.8, 4) is 11.5 Å². The summed E-state index contributed by atoms with van der Waals surface area (Å²) in [6.45, 7) is 2.31. The van der Waals surface area contributed by atoms with E-state index in [1.807, 2.05) is 6.92 Å². The van der Waals surface area contributed by atoms with Crippen molar-refractivity contribution in [1.82, 2.24) is 0 Å². The maximum Gasteiger partial charge on any atom is 0.327 e. The summed E-state index contributed by atoms with van der Waals surface area (Å²) in [6.07, 6.45) is 1.65. The Morgan fingerprint density at radius 1 is 1.42 bits per heavy atom. The first-order chi connectivity index (χ1) is 9.02. The van der Waals surface area contributed by atoms with E-state index in [0.29, 0.717) is 6.61 Å². The Labute approximate surface area is 110 Å². The minimum atomic E-state index is -0.926. The second kappa shape index (κ2) is 6.58. The number of benzene rings is 1. The lowest BCUT2D eigenvalue weighted by Crippen LogP contribution is -2.16. The predicted molar refractivity (Wildman–Crippen MR) is 68.6 cm³/mol. The third-order valence-electron chi connectivity index (χ3n) is 2.51. The zero-order valence-electron chi connectivity index (χ0n) is 10.8. The largest absolute Gasteiger partial charge is 0.496 e. The molecule has 0 bridgehead atoms. The third kappa shape index (κ3) is 3.34. The van der Waals surface area contributed by atoms with Gasteiger partial charge in [0.05, 0.1) is 18.6 Å². The van der Waals surface area contributed by atoms with Crippen LogP contribution in [0.15, 0.2) is 12.1 Å². The number of hydrogen-bond donors (Lipinski definition) is 1. The summed E-state index contributed by atoms with van der Waals surface area (Å²) in [5.41, 5.74) is 4.44. The monoisotopic (exact) mass is 268 g/mol. The molecule has 1 aromatic carbocycles. The molecule has 0 radical (unpaired) electrons. The van der Waals surface area contributed by atoms with E-state index < -0.39 is 16.5 Å². The van der Waals surface area contributed by atoms with Crippen molar-refractivity contribution >= 4 is 11.6 Å². The van der Waals surface area contributed by atoms with Crippen molar-refractivity contribution in [3.05, 3.63) is 27.8 Å². The van der Waals surface area contributed by atoms with Gasteiger partial charge in [-0.05, 0) is 18.6 Å². The van der Waals surface area contributed by atoms with Gasteiger partial charge in [0, 0.05) is 0 Å². The first kappa shape index (κ1) is 14.7. The number of unbranched alkanes of at least 4 members (excludes halogenated alkanes) is 1. The fraction of sp³-hybridized carbons (Fsp3) is 0.417. The number of primary amides is 1. The van der Waals surface area contributed by atoms with Crippen LogP contribution in [0, 0.1) is 10.1 Å². The second-order valence-electron chi connectivity index (χ2n) is 3.81. The van der Waals surface area contributed by atoms with Crippen molar-refractivity contribution in [3.63, 3.8) is 0 Å². The second-order valence-corrected chi connectivity index (χ2v) is 3.81. The van der Waals surface area contributed by atoms with Crippen LogP contribution in [-0.2, 0) is 0 Å². The van der Waals surface area contributed by atoms with Crippen LogP contribution in [0.5, 0.6) is 11.5 Å². The highest BCUT2D eigenvalue weighted by molar-refractivity contribution is 6.01. The van der Waals surface area contributed by atoms with E-state index in [-0.39, 0.29) is 17.1 Å². The lowest BCUT2D eigenvalue weighted by Gasteiger charge is -2.11. The molecule has 7 nitrogen and oxygen atoms in total. The van der Waals surface area contributed by atoms with E-state index in [1.54, 1.807) is 0 Å². The van der Waals surface area contributed by atoms with Gasteiger partial charge in [0.1, 0.15) is 5.75 Å². The predicted octanol–water partition coefficient (Wildman–Crippen LogP) is 1.88. The number of carbonyl (C=O) groups excluding carboxylic acids is 1. The maximum absolute atomic E-state index is 11.4. The molecule has 0 atom stereocenters. The molecule has 0 unspecified atom stereocenters. The summed E-state index contributed by atoms with van der Waals surface area (Å²) < 4.78 is 10.2. The van der Waals surface area contributed by atoms with E-state index in [1.165, 1.54) is 19.2 Å². The number of rotatable bonds is 7. The highest BCUT2D eigenvalue weighted by atomic mass is 16.6. The SMILES string of the molecule is CCCCOc1ccc(OC)c(C(N)=O)c1[N+](=O)[O-]. The van der Waals surface area contributed by atoms with E-state index >= 15 is 0 Å². The standard InChI is InChI=1S/C12H16N2O5/c1-3-4-7-19-9-6-5-8(18-2)10(12(13)15)11(9)14(16)17/h5-6H,3-4,7H2,1-2H3,(H2,13,15). The molecule has 0 aliphatic rings. The molecule has 1 aromatic rings. The number of methoxy groups -OCH3 is 1. The summed E-state index contributed by atoms with van der Waals surface area (Å²) in [5, 5.41) is 11.1. The molecule has 0 aliphatic heterocycles. The number of carbonyl (C=O) groups is 1. The molecule has 0 heterocycles. The van der Waals surface area contributed by atoms with Gasteiger partial charge in [-0.1, -0.05) is 13.3 Å². The Balaban J connectivity index is 3.28. The number of nitro groups is 1. The molecule has 0 saturated heterocycles. The fourth-order valence-corrected chi connectivity index (χ4v) is 1.59. The molecule has 2 N–H and O–H groups in total. The van der Waals surface area contributed by atoms with E-state index in [0.717, 1.165) is 12.8 Å². The number of amides is 1. The topological polar surface area (TPSA) is 105 Å². The maximum atomic E-state index is 11.4. The number of nitrogens with two attached hydrogens (primary N) is 1. The quantitative estimate of drug-likeness (QED) is 0.461. The lowest BCUT2D eigenvalue weighted by molar-refractivity contribution is -0.386. The Bertz CT molecular complexity index is 487. The first-order valence-electron chi connectivity index (χ1n) is 5.80. The number of nitro benzene ring substituents is 1. The van der Waals surface area contributed by atoms with E-state index in [4.69, 9.17) is 15.2 Å². The van der Waals surface area contributed by atoms with Crippen LogP contribution in [0.2, 0.25) is 0 Å². The lowest BCUT2D eigenvalue weighted by atomic mass is 10.1. The summed E-state index contributed by atoms with van der Waals surface area (Å²) in [7, 11) is 1.31. The Kier molecular flexibility index (Phi) is 5.11. The van der Waals surface area contributed by atoms with Gasteiger partial charge in [0.2, 0.25) is 0 Å². The summed E-state index contributed by atoms with van der Waals surface area (Å²) in [5.74, 6) is -0.848. The van der Waals surface area contributed by atoms with E-state index in [2.05, 4.69) is 0 Å². The molecule has 104 valence electrons. The van der Waals surface area contributed by atoms with Crippen molar-refractivity contribution in [1.29, 1.82) is 0 Å². The van der Waals surface area contributed by atoms with Crippen molar-refractivity contribution in [2.75, 3.05) is 13.7 Å². The summed E-state index contributed by atoms with van der Waals surface area (Å²) >= 11 is 0. The zero-order valence-corrected chi connectivity index (χ0v) is 10.8. The molecule has 0 aromatic heterocycles. The van der Waals surface area contributed by atoms with Gasteiger partial charge < -0.3 is 15.2 Å². The average Bonchev–Trinajstić information content (AvgIpc) is 2.37. The van der Waals surface area contributed by atoms with Crippen LogP contribution in [0.25, 0.3) is 0 Å². The molecule has 1 rings (SSSR count). The highest BCUT2D eigenvalue weighted by Crippen LogP contribution is 2.36. The van der Waals surface area contributed by atoms with Crippen LogP contribution in [-0.4, -0.2) is 24.5 Å². The molecule has 0 aliphatic carbocycles. The molecule has 7 heteroatoms. The Morgan fingerprint density at radius 2 is 2.05 bits per heavy atom. The minimum Gasteiger partial charge on any atom is -0.496 e. The molecule has 0 saturated carbocycles. The van der Waals surface area contributed by atoms with Crippen LogP contribution in [0.3, 0.4) is 0 Å². The number of nitrogens with zero attached hydrogens (tertiary/aromatic N) is 1. The molecular formula is C12H16N2O5. The van der Waals surface area contributed by atoms with Crippen LogP contribution in [0.1, 0.15) is 30.1 Å². The molecule has 0 spiro atoms. The van der Waals surface area contributed by atoms with Crippen LogP contribution >= 0.6 is 0 Å². The third-order valence-corrected chi connectivity index (χ3v) is 2.51. The van der Waals surface area contributed by atoms with E-state index in [9.17, 15) is 14.9 Å². The van der Waals surface area contributed by atoms with Gasteiger partial charge in [0.25, 0.3) is 5.91 Å². The number of hydrogen-bond acceptors (Lipinski definition) is 5. The molecular weight excluding hydrogens is 252 g/mol. The molecule has 19 heavy (non-hydrogen) atoms. The van der Waals surface area contributed by atoms with Gasteiger partial charge in [-0.2, -0.15) is 0 Å². The highest BCUT2D eigenvalue weighted by Gasteiger charge is 2.28. The fourth-order valence-electron chi connectivity index (χ4n) is 1.59. The van der Waals surface area contributed by atoms with Crippen molar-refractivity contribution in [2.24, 2.45) is 5.73 Å². The zero-order chi connectivity index (χ0) is 14.4. The Morgan fingerprint density at radius 3 is 2.53 bits per heavy atom. The van der Waals surface area contributed by atoms with Gasteiger partial charge in [-0.3, -0.25) is 14.9 Å². The first-order valence-corrected chi connectivity index (χ1v) is 5.80. The van der Waals surface area contributed by atoms with Gasteiger partial charge in [-0.25, -0.2) is 0 Å². The normalized spacial score (nSPS) is 10.0. The molecule has 1 amide bonds. The van der Waals surface area contributed by atoms with Crippen molar-refractivity contribution in [2.45, 2.75) is 19.8 Å². The van der Waals surface area contributed by atoms with Crippen molar-refractivity contribution < 1.29 is 19.2 Å². The molecule has 0 fully saturated rings. The van der Waals surface area contributed by atoms with Gasteiger partial charge in [-0.15, -0.1) is 0 Å².